The van der Waals surface area contributed by atoms with Crippen molar-refractivity contribution in [3.8, 4) is 0 Å². The van der Waals surface area contributed by atoms with Crippen LogP contribution in [-0.4, -0.2) is 22.9 Å². The first-order chi connectivity index (χ1) is 12.4. The molecule has 134 valence electrons. The number of carbonyl (C=O) groups excluding carboxylic acids is 2. The highest BCUT2D eigenvalue weighted by Gasteiger charge is 2.34. The topological polar surface area (TPSA) is 75.8 Å². The van der Waals surface area contributed by atoms with Crippen molar-refractivity contribution in [2.24, 2.45) is 10.9 Å². The van der Waals surface area contributed by atoms with Crippen LogP contribution in [-0.2, 0) is 4.79 Å². The zero-order chi connectivity index (χ0) is 18.8. The molecule has 0 spiro atoms. The molecule has 2 unspecified atom stereocenters. The van der Waals surface area contributed by atoms with E-state index in [0.717, 1.165) is 18.4 Å². The van der Waals surface area contributed by atoms with E-state index in [-0.39, 0.29) is 17.9 Å². The Balaban J connectivity index is 1.89. The minimum absolute atomic E-state index is 0.0552. The molecule has 1 fully saturated rings. The molecule has 6 heteroatoms. The summed E-state index contributed by atoms with van der Waals surface area (Å²) in [4.78, 5) is 29.9. The van der Waals surface area contributed by atoms with Crippen molar-refractivity contribution in [1.82, 2.24) is 0 Å². The van der Waals surface area contributed by atoms with E-state index in [4.69, 9.17) is 5.73 Å². The monoisotopic (exact) mass is 413 g/mol. The van der Waals surface area contributed by atoms with Gasteiger partial charge in [0, 0.05) is 34.5 Å². The first kappa shape index (κ1) is 18.3. The van der Waals surface area contributed by atoms with Crippen molar-refractivity contribution >= 4 is 49.8 Å². The Morgan fingerprint density at radius 2 is 1.92 bits per heavy atom. The van der Waals surface area contributed by atoms with E-state index in [0.29, 0.717) is 27.1 Å². The van der Waals surface area contributed by atoms with E-state index in [9.17, 15) is 9.59 Å². The summed E-state index contributed by atoms with van der Waals surface area (Å²) >= 11 is 3.42. The molecule has 0 aromatic heterocycles. The number of nitrogens with zero attached hydrogens (tertiary/aromatic N) is 2. The summed E-state index contributed by atoms with van der Waals surface area (Å²) in [5.74, 6) is 0.210. The van der Waals surface area contributed by atoms with E-state index in [2.05, 4.69) is 27.8 Å². The highest BCUT2D eigenvalue weighted by atomic mass is 79.9. The van der Waals surface area contributed by atoms with Gasteiger partial charge in [0.15, 0.2) is 6.29 Å². The van der Waals surface area contributed by atoms with Crippen LogP contribution < -0.4 is 10.6 Å². The molecule has 1 aliphatic rings. The van der Waals surface area contributed by atoms with Crippen LogP contribution in [0.25, 0.3) is 0 Å². The molecule has 2 atom stereocenters. The molecule has 1 heterocycles. The van der Waals surface area contributed by atoms with Gasteiger partial charge < -0.3 is 10.6 Å². The van der Waals surface area contributed by atoms with E-state index in [1.54, 1.807) is 18.2 Å². The summed E-state index contributed by atoms with van der Waals surface area (Å²) in [6.07, 6.45) is 1.62. The normalized spacial score (nSPS) is 20.5. The quantitative estimate of drug-likeness (QED) is 0.460. The number of anilines is 2. The van der Waals surface area contributed by atoms with Crippen molar-refractivity contribution in [3.63, 3.8) is 0 Å². The molecular formula is C20H20BrN3O2. The predicted octanol–water partition coefficient (Wildman–Crippen LogP) is 4.32. The predicted molar refractivity (Wildman–Crippen MR) is 109 cm³/mol. The molecule has 1 amide bonds. The molecule has 2 N–H and O–H groups in total. The van der Waals surface area contributed by atoms with Gasteiger partial charge in [-0.1, -0.05) is 19.1 Å². The maximum atomic E-state index is 12.3. The van der Waals surface area contributed by atoms with Gasteiger partial charge in [-0.25, -0.2) is 4.99 Å². The fraction of sp³-hybridized carbons (Fsp3) is 0.250. The number of halogens is 1. The molecule has 0 aliphatic carbocycles. The van der Waals surface area contributed by atoms with Gasteiger partial charge in [-0.2, -0.15) is 0 Å². The minimum atomic E-state index is 0.0552. The lowest BCUT2D eigenvalue weighted by Crippen LogP contribution is -2.31. The van der Waals surface area contributed by atoms with Crippen molar-refractivity contribution in [3.05, 3.63) is 53.6 Å². The lowest BCUT2D eigenvalue weighted by atomic mass is 10.1. The molecule has 3 rings (SSSR count). The third-order valence-electron chi connectivity index (χ3n) is 4.61. The number of nitrogen functional groups attached to an aromatic ring is 1. The molecule has 0 bridgehead atoms. The number of rotatable bonds is 4. The Kier molecular flexibility index (Phi) is 5.23. The van der Waals surface area contributed by atoms with Gasteiger partial charge in [0.25, 0.3) is 0 Å². The smallest absolute Gasteiger partial charge is 0.230 e. The maximum absolute atomic E-state index is 12.3. The highest BCUT2D eigenvalue weighted by Crippen LogP contribution is 2.31. The summed E-state index contributed by atoms with van der Waals surface area (Å²) in [5.41, 5.74) is 9.09. The van der Waals surface area contributed by atoms with Crippen LogP contribution in [0.2, 0.25) is 0 Å². The Labute approximate surface area is 161 Å². The van der Waals surface area contributed by atoms with Crippen LogP contribution in [0, 0.1) is 5.92 Å². The van der Waals surface area contributed by atoms with Gasteiger partial charge in [-0.15, -0.1) is 0 Å². The molecule has 1 aliphatic heterocycles. The molecule has 0 saturated carbocycles. The molecule has 1 saturated heterocycles. The van der Waals surface area contributed by atoms with Crippen LogP contribution in [0.15, 0.2) is 47.5 Å². The number of carbonyl (C=O) groups is 2. The highest BCUT2D eigenvalue weighted by molar-refractivity contribution is 9.18. The standard InChI is InChI=1S/C20H20BrN3O2/c1-12-10-13(2)24(20(12)26)16-8-6-15(7-9-16)23-19(21)18-14(11-25)4-3-5-17(18)22/h3-9,11-13H,10,22H2,1-2H3. The van der Waals surface area contributed by atoms with Gasteiger partial charge in [0.1, 0.15) is 4.62 Å². The van der Waals surface area contributed by atoms with Crippen LogP contribution in [0.3, 0.4) is 0 Å². The number of benzene rings is 2. The van der Waals surface area contributed by atoms with Crippen molar-refractivity contribution in [2.45, 2.75) is 26.3 Å². The van der Waals surface area contributed by atoms with E-state index in [1.807, 2.05) is 36.1 Å². The molecule has 5 nitrogen and oxygen atoms in total. The van der Waals surface area contributed by atoms with Crippen molar-refractivity contribution < 1.29 is 9.59 Å². The average Bonchev–Trinajstić information content (AvgIpc) is 2.87. The average molecular weight is 414 g/mol. The first-order valence-electron chi connectivity index (χ1n) is 8.43. The number of aldehydes is 1. The molecule has 0 radical (unpaired) electrons. The van der Waals surface area contributed by atoms with Crippen LogP contribution in [0.4, 0.5) is 17.1 Å². The lowest BCUT2D eigenvalue weighted by Gasteiger charge is -2.21. The van der Waals surface area contributed by atoms with Crippen LogP contribution >= 0.6 is 15.9 Å². The Hall–Kier alpha value is -2.47. The Bertz CT molecular complexity index is 877. The van der Waals surface area contributed by atoms with E-state index >= 15 is 0 Å². The molecule has 2 aromatic rings. The van der Waals surface area contributed by atoms with Crippen molar-refractivity contribution in [2.75, 3.05) is 10.6 Å². The van der Waals surface area contributed by atoms with Gasteiger partial charge >= 0.3 is 0 Å². The summed E-state index contributed by atoms with van der Waals surface area (Å²) < 4.78 is 0.490. The van der Waals surface area contributed by atoms with Crippen molar-refractivity contribution in [1.29, 1.82) is 0 Å². The second-order valence-electron chi connectivity index (χ2n) is 6.54. The molecular weight excluding hydrogens is 394 g/mol. The number of nitrogens with two attached hydrogens (primary N) is 1. The summed E-state index contributed by atoms with van der Waals surface area (Å²) in [6, 6.07) is 12.8. The summed E-state index contributed by atoms with van der Waals surface area (Å²) in [5, 5.41) is 0. The zero-order valence-electron chi connectivity index (χ0n) is 14.6. The maximum Gasteiger partial charge on any atom is 0.230 e. The first-order valence-corrected chi connectivity index (χ1v) is 9.23. The van der Waals surface area contributed by atoms with Crippen LogP contribution in [0.5, 0.6) is 0 Å². The van der Waals surface area contributed by atoms with E-state index < -0.39 is 0 Å². The summed E-state index contributed by atoms with van der Waals surface area (Å²) in [7, 11) is 0. The Morgan fingerprint density at radius 1 is 1.23 bits per heavy atom. The second kappa shape index (κ2) is 7.41. The van der Waals surface area contributed by atoms with Crippen LogP contribution in [0.1, 0.15) is 36.2 Å². The van der Waals surface area contributed by atoms with Gasteiger partial charge in [0.2, 0.25) is 5.91 Å². The number of amides is 1. The van der Waals surface area contributed by atoms with Gasteiger partial charge in [-0.05, 0) is 59.6 Å². The summed E-state index contributed by atoms with van der Waals surface area (Å²) in [6.45, 7) is 4.02. The fourth-order valence-electron chi connectivity index (χ4n) is 3.34. The second-order valence-corrected chi connectivity index (χ2v) is 7.29. The fourth-order valence-corrected chi connectivity index (χ4v) is 4.00. The number of aliphatic imine (C=N–C) groups is 1. The van der Waals surface area contributed by atoms with Gasteiger partial charge in [0.05, 0.1) is 5.69 Å². The molecule has 26 heavy (non-hydrogen) atoms. The van der Waals surface area contributed by atoms with Gasteiger partial charge in [-0.3, -0.25) is 9.59 Å². The molecule has 2 aromatic carbocycles. The number of hydrogen-bond donors (Lipinski definition) is 1. The van der Waals surface area contributed by atoms with E-state index in [1.165, 1.54) is 0 Å². The largest absolute Gasteiger partial charge is 0.398 e. The lowest BCUT2D eigenvalue weighted by molar-refractivity contribution is -0.119. The minimum Gasteiger partial charge on any atom is -0.398 e. The number of hydrogen-bond acceptors (Lipinski definition) is 4. The SMILES string of the molecule is CC1CC(C)N(c2ccc(N=C(Br)c3c(N)cccc3C=O)cc2)C1=O. The Morgan fingerprint density at radius 3 is 2.50 bits per heavy atom. The zero-order valence-corrected chi connectivity index (χ0v) is 16.2. The third-order valence-corrected chi connectivity index (χ3v) is 5.19. The third kappa shape index (κ3) is 3.42.